The first-order chi connectivity index (χ1) is 15.3. The Balaban J connectivity index is 1.43. The van der Waals surface area contributed by atoms with Gasteiger partial charge < -0.3 is 9.47 Å². The third kappa shape index (κ3) is 2.84. The summed E-state index contributed by atoms with van der Waals surface area (Å²) in [5, 5.41) is 8.29. The molecule has 1 aromatic heterocycles. The Kier molecular flexibility index (Phi) is 4.54. The van der Waals surface area contributed by atoms with Crippen LogP contribution < -0.4 is 0 Å². The third-order valence-electron chi connectivity index (χ3n) is 8.10. The lowest BCUT2D eigenvalue weighted by atomic mass is 9.58. The minimum atomic E-state index is -0.875. The van der Waals surface area contributed by atoms with Gasteiger partial charge in [-0.25, -0.2) is 23.2 Å². The first kappa shape index (κ1) is 20.7. The van der Waals surface area contributed by atoms with E-state index in [1.807, 2.05) is 6.92 Å². The van der Waals surface area contributed by atoms with Gasteiger partial charge in [-0.05, 0) is 50.2 Å². The van der Waals surface area contributed by atoms with Gasteiger partial charge in [0.25, 0.3) is 0 Å². The van der Waals surface area contributed by atoms with Gasteiger partial charge in [0, 0.05) is 29.9 Å². The molecule has 0 unspecified atom stereocenters. The van der Waals surface area contributed by atoms with Gasteiger partial charge in [0.1, 0.15) is 11.6 Å². The van der Waals surface area contributed by atoms with Crippen molar-refractivity contribution in [3.8, 4) is 11.3 Å². The van der Waals surface area contributed by atoms with E-state index in [4.69, 9.17) is 19.2 Å². The summed E-state index contributed by atoms with van der Waals surface area (Å²) in [6.07, 6.45) is 4.04. The lowest BCUT2D eigenvalue weighted by Gasteiger charge is -2.60. The average molecular weight is 447 g/mol. The summed E-state index contributed by atoms with van der Waals surface area (Å²) >= 11 is 0. The molecule has 7 rings (SSSR count). The normalized spacial score (nSPS) is 43.0. The minimum absolute atomic E-state index is 0.0187. The molecule has 0 radical (unpaired) electrons. The molecule has 5 heterocycles. The molecule has 0 amide bonds. The maximum atomic E-state index is 13.9. The second kappa shape index (κ2) is 7.03. The van der Waals surface area contributed by atoms with Crippen LogP contribution in [-0.2, 0) is 19.2 Å². The van der Waals surface area contributed by atoms with Gasteiger partial charge >= 0.3 is 0 Å². The van der Waals surface area contributed by atoms with Crippen molar-refractivity contribution in [2.75, 3.05) is 0 Å². The predicted octanol–water partition coefficient (Wildman–Crippen LogP) is 4.60. The molecule has 0 N–H and O–H groups in total. The lowest BCUT2D eigenvalue weighted by molar-refractivity contribution is -0.574. The van der Waals surface area contributed by atoms with E-state index < -0.39 is 35.5 Å². The van der Waals surface area contributed by atoms with Crippen LogP contribution in [0.1, 0.15) is 52.7 Å². The molecule has 8 atom stereocenters. The fraction of sp³-hybridized carbons (Fsp3) is 0.652. The highest BCUT2D eigenvalue weighted by Gasteiger charge is 2.69. The number of ether oxygens (including phenoxy) is 2. The number of benzene rings is 1. The largest absolute Gasteiger partial charge is 0.324 e. The Hall–Kier alpha value is -1.94. The van der Waals surface area contributed by atoms with Crippen LogP contribution in [0.2, 0.25) is 0 Å². The molecule has 1 aliphatic carbocycles. The van der Waals surface area contributed by atoms with Crippen LogP contribution in [0.3, 0.4) is 0 Å². The highest BCUT2D eigenvalue weighted by atomic mass is 19.1. The van der Waals surface area contributed by atoms with Gasteiger partial charge in [0.15, 0.2) is 18.1 Å². The number of aromatic nitrogens is 3. The molecular formula is C23H27F2N3O4. The summed E-state index contributed by atoms with van der Waals surface area (Å²) < 4.78 is 42.4. The number of nitrogens with zero attached hydrogens (tertiary/aromatic N) is 3. The van der Waals surface area contributed by atoms with Gasteiger partial charge in [-0.2, -0.15) is 0 Å². The Morgan fingerprint density at radius 3 is 2.59 bits per heavy atom. The minimum Gasteiger partial charge on any atom is -0.324 e. The van der Waals surface area contributed by atoms with Crippen molar-refractivity contribution in [3.05, 3.63) is 36.0 Å². The summed E-state index contributed by atoms with van der Waals surface area (Å²) in [4.78, 5) is 12.0. The fourth-order valence-electron chi connectivity index (χ4n) is 6.51. The average Bonchev–Trinajstić information content (AvgIpc) is 3.11. The van der Waals surface area contributed by atoms with Crippen molar-refractivity contribution in [1.82, 2.24) is 15.0 Å². The van der Waals surface area contributed by atoms with E-state index in [-0.39, 0.29) is 17.8 Å². The highest BCUT2D eigenvalue weighted by molar-refractivity contribution is 5.58. The maximum Gasteiger partial charge on any atom is 0.201 e. The van der Waals surface area contributed by atoms with Gasteiger partial charge in [-0.1, -0.05) is 19.1 Å². The monoisotopic (exact) mass is 447 g/mol. The summed E-state index contributed by atoms with van der Waals surface area (Å²) in [6.45, 7) is 6.25. The van der Waals surface area contributed by atoms with Gasteiger partial charge in [0.05, 0.1) is 11.9 Å². The van der Waals surface area contributed by atoms with Crippen molar-refractivity contribution in [2.24, 2.45) is 23.7 Å². The van der Waals surface area contributed by atoms with Crippen LogP contribution in [0.5, 0.6) is 0 Å². The Morgan fingerprint density at radius 2 is 1.81 bits per heavy atom. The van der Waals surface area contributed by atoms with Crippen molar-refractivity contribution >= 4 is 0 Å². The Labute approximate surface area is 184 Å². The second-order valence-electron chi connectivity index (χ2n) is 10.0. The molecule has 4 saturated heterocycles. The Bertz CT molecular complexity index is 1030. The van der Waals surface area contributed by atoms with Gasteiger partial charge in [-0.3, -0.25) is 0 Å². The molecule has 7 nitrogen and oxygen atoms in total. The van der Waals surface area contributed by atoms with E-state index in [1.54, 1.807) is 4.68 Å². The van der Waals surface area contributed by atoms with E-state index in [0.717, 1.165) is 31.7 Å². The summed E-state index contributed by atoms with van der Waals surface area (Å²) in [5.41, 5.74) is 0.155. The van der Waals surface area contributed by atoms with Crippen LogP contribution in [-0.4, -0.2) is 32.7 Å². The molecule has 2 bridgehead atoms. The first-order valence-electron chi connectivity index (χ1n) is 11.4. The van der Waals surface area contributed by atoms with Gasteiger partial charge in [0.2, 0.25) is 5.79 Å². The number of rotatable bonds is 2. The molecule has 172 valence electrons. The summed E-state index contributed by atoms with van der Waals surface area (Å²) in [7, 11) is 0. The van der Waals surface area contributed by atoms with Crippen LogP contribution in [0.4, 0.5) is 8.78 Å². The van der Waals surface area contributed by atoms with Crippen LogP contribution in [0, 0.1) is 35.3 Å². The molecule has 1 saturated carbocycles. The first-order valence-corrected chi connectivity index (χ1v) is 11.4. The second-order valence-corrected chi connectivity index (χ2v) is 10.0. The zero-order valence-electron chi connectivity index (χ0n) is 18.3. The quantitative estimate of drug-likeness (QED) is 0.627. The molecule has 2 aromatic rings. The van der Waals surface area contributed by atoms with Crippen LogP contribution in [0.25, 0.3) is 11.3 Å². The van der Waals surface area contributed by atoms with Crippen LogP contribution >= 0.6 is 0 Å². The van der Waals surface area contributed by atoms with Crippen molar-refractivity contribution in [1.29, 1.82) is 0 Å². The number of halogens is 2. The number of hydrogen-bond donors (Lipinski definition) is 0. The zero-order valence-corrected chi connectivity index (χ0v) is 18.3. The molecule has 1 spiro atoms. The topological polar surface area (TPSA) is 67.6 Å². The third-order valence-corrected chi connectivity index (χ3v) is 8.10. The van der Waals surface area contributed by atoms with Crippen molar-refractivity contribution in [3.63, 3.8) is 0 Å². The van der Waals surface area contributed by atoms with E-state index in [9.17, 15) is 8.78 Å². The Morgan fingerprint density at radius 1 is 1.03 bits per heavy atom. The molecule has 32 heavy (non-hydrogen) atoms. The smallest absolute Gasteiger partial charge is 0.201 e. The predicted molar refractivity (Wildman–Crippen MR) is 107 cm³/mol. The van der Waals surface area contributed by atoms with E-state index in [0.29, 0.717) is 17.2 Å². The standard InChI is InChI=1S/C23H27F2N3O4/c1-12-4-5-18-13(2)20(28-19(11-26-27-28)14-8-15(24)10-16(25)9-14)29-21-23(18)17(12)6-7-22(3,30-21)31-32-23/h8-13,17-18,20-21H,4-7H2,1-3H3/t12-,13-,17+,18+,20-,21-,22+,23-/m1/s1. The zero-order chi connectivity index (χ0) is 22.3. The highest BCUT2D eigenvalue weighted by Crippen LogP contribution is 2.61. The van der Waals surface area contributed by atoms with E-state index in [2.05, 4.69) is 24.2 Å². The molecule has 5 fully saturated rings. The van der Waals surface area contributed by atoms with Crippen molar-refractivity contribution in [2.45, 2.75) is 70.4 Å². The van der Waals surface area contributed by atoms with Crippen molar-refractivity contribution < 1.29 is 28.0 Å². The summed E-state index contributed by atoms with van der Waals surface area (Å²) in [6, 6.07) is 3.39. The van der Waals surface area contributed by atoms with E-state index in [1.165, 1.54) is 18.3 Å². The molecular weight excluding hydrogens is 420 g/mol. The van der Waals surface area contributed by atoms with Crippen LogP contribution in [0.15, 0.2) is 24.4 Å². The molecule has 5 aliphatic rings. The molecule has 9 heteroatoms. The van der Waals surface area contributed by atoms with Gasteiger partial charge in [-0.15, -0.1) is 5.10 Å². The summed E-state index contributed by atoms with van der Waals surface area (Å²) in [5.74, 6) is -1.38. The lowest BCUT2D eigenvalue weighted by Crippen LogP contribution is -2.69. The van der Waals surface area contributed by atoms with E-state index >= 15 is 0 Å². The fourth-order valence-corrected chi connectivity index (χ4v) is 6.51. The number of hydrogen-bond acceptors (Lipinski definition) is 6. The maximum absolute atomic E-state index is 13.9. The number of fused-ring (bicyclic) bond motifs is 2. The SMILES string of the molecule is C[C@H]1[C@H](n2nncc2-c2cc(F)cc(F)c2)O[C@@H]2O[C@]3(C)CC[C@H]4[C@H](C)CC[C@@H]1[C@@]24OO3. The molecule has 4 aliphatic heterocycles. The molecule has 1 aromatic carbocycles.